The summed E-state index contributed by atoms with van der Waals surface area (Å²) in [6.07, 6.45) is 0. The first kappa shape index (κ1) is 22.7. The minimum Gasteiger partial charge on any atom is -0.478 e. The Labute approximate surface area is 207 Å². The predicted octanol–water partition coefficient (Wildman–Crippen LogP) is 5.17. The average Bonchev–Trinajstić information content (AvgIpc) is 2.89. The molecule has 0 spiro atoms. The Kier molecular flexibility index (Phi) is 6.25. The Bertz CT molecular complexity index is 1390. The second-order valence-electron chi connectivity index (χ2n) is 8.34. The molecule has 8 heteroatoms. The number of carbonyl (C=O) groups is 2. The first-order chi connectivity index (χ1) is 17.0. The number of hydrogen-bond donors (Lipinski definition) is 2. The van der Waals surface area contributed by atoms with Gasteiger partial charge in [0.15, 0.2) is 0 Å². The number of fused-ring (bicyclic) bond motifs is 1. The average molecular weight is 487 g/mol. The van der Waals surface area contributed by atoms with Crippen molar-refractivity contribution in [1.82, 2.24) is 4.98 Å². The van der Waals surface area contributed by atoms with Crippen LogP contribution in [0.25, 0.3) is 10.9 Å². The normalized spacial score (nSPS) is 13.6. The van der Waals surface area contributed by atoms with Crippen molar-refractivity contribution in [3.63, 3.8) is 0 Å². The summed E-state index contributed by atoms with van der Waals surface area (Å²) >= 11 is 6.00. The molecule has 176 valence electrons. The van der Waals surface area contributed by atoms with Gasteiger partial charge in [-0.15, -0.1) is 0 Å². The van der Waals surface area contributed by atoms with Crippen molar-refractivity contribution in [2.45, 2.75) is 0 Å². The second kappa shape index (κ2) is 9.64. The molecule has 1 fully saturated rings. The van der Waals surface area contributed by atoms with Gasteiger partial charge >= 0.3 is 5.97 Å². The molecule has 0 saturated carbocycles. The van der Waals surface area contributed by atoms with Gasteiger partial charge in [0.1, 0.15) is 5.82 Å². The summed E-state index contributed by atoms with van der Waals surface area (Å²) in [5.41, 5.74) is 2.87. The number of aromatic carboxylic acids is 1. The SMILES string of the molecule is O=C(Nc1ccc2nc(N3CCN(c4ccc(Cl)cc4)CC3)cc(C(=O)O)c2c1)c1ccccc1. The highest BCUT2D eigenvalue weighted by Gasteiger charge is 2.21. The number of hydrogen-bond acceptors (Lipinski definition) is 5. The largest absolute Gasteiger partial charge is 0.478 e. The molecule has 1 aromatic heterocycles. The van der Waals surface area contributed by atoms with E-state index in [1.807, 2.05) is 30.3 Å². The molecule has 2 N–H and O–H groups in total. The number of anilines is 3. The molecule has 7 nitrogen and oxygen atoms in total. The van der Waals surface area contributed by atoms with Crippen molar-refractivity contribution >= 4 is 51.6 Å². The summed E-state index contributed by atoms with van der Waals surface area (Å²) in [4.78, 5) is 33.7. The number of carboxylic acids is 1. The molecule has 1 saturated heterocycles. The first-order valence-corrected chi connectivity index (χ1v) is 11.7. The lowest BCUT2D eigenvalue weighted by Gasteiger charge is -2.37. The number of rotatable bonds is 5. The number of piperazine rings is 1. The maximum atomic E-state index is 12.5. The molecular weight excluding hydrogens is 464 g/mol. The molecule has 1 aliphatic heterocycles. The molecular formula is C27H23ClN4O3. The van der Waals surface area contributed by atoms with Crippen molar-refractivity contribution in [1.29, 1.82) is 0 Å². The van der Waals surface area contributed by atoms with Crippen molar-refractivity contribution in [3.8, 4) is 0 Å². The molecule has 1 amide bonds. The van der Waals surface area contributed by atoms with Crippen LogP contribution < -0.4 is 15.1 Å². The summed E-state index contributed by atoms with van der Waals surface area (Å²) in [5, 5.41) is 13.9. The van der Waals surface area contributed by atoms with Crippen molar-refractivity contribution in [2.75, 3.05) is 41.3 Å². The Morgan fingerprint density at radius 3 is 2.23 bits per heavy atom. The molecule has 5 rings (SSSR count). The zero-order chi connectivity index (χ0) is 24.4. The van der Waals surface area contributed by atoms with Gasteiger partial charge in [0.2, 0.25) is 0 Å². The van der Waals surface area contributed by atoms with Crippen LogP contribution in [0.15, 0.2) is 78.9 Å². The van der Waals surface area contributed by atoms with Gasteiger partial charge in [-0.05, 0) is 60.7 Å². The lowest BCUT2D eigenvalue weighted by atomic mass is 10.1. The minimum absolute atomic E-state index is 0.154. The van der Waals surface area contributed by atoms with E-state index >= 15 is 0 Å². The number of carbonyl (C=O) groups excluding carboxylic acids is 1. The molecule has 0 atom stereocenters. The van der Waals surface area contributed by atoms with Crippen LogP contribution in [0.1, 0.15) is 20.7 Å². The molecule has 0 radical (unpaired) electrons. The van der Waals surface area contributed by atoms with Crippen LogP contribution in [-0.2, 0) is 0 Å². The molecule has 1 aliphatic rings. The number of aromatic nitrogens is 1. The molecule has 0 unspecified atom stereocenters. The Morgan fingerprint density at radius 2 is 1.54 bits per heavy atom. The zero-order valence-corrected chi connectivity index (χ0v) is 19.6. The van der Waals surface area contributed by atoms with Crippen molar-refractivity contribution < 1.29 is 14.7 Å². The fourth-order valence-electron chi connectivity index (χ4n) is 4.27. The highest BCUT2D eigenvalue weighted by atomic mass is 35.5. The number of benzene rings is 3. The van der Waals surface area contributed by atoms with E-state index in [1.54, 1.807) is 48.5 Å². The van der Waals surface area contributed by atoms with Crippen LogP contribution in [0.3, 0.4) is 0 Å². The summed E-state index contributed by atoms with van der Waals surface area (Å²) in [6, 6.07) is 23.4. The Morgan fingerprint density at radius 1 is 0.857 bits per heavy atom. The van der Waals surface area contributed by atoms with Crippen LogP contribution in [0.2, 0.25) is 5.02 Å². The molecule has 3 aromatic carbocycles. The van der Waals surface area contributed by atoms with Crippen molar-refractivity contribution in [2.24, 2.45) is 0 Å². The van der Waals surface area contributed by atoms with E-state index in [0.29, 0.717) is 46.1 Å². The van der Waals surface area contributed by atoms with Crippen LogP contribution in [-0.4, -0.2) is 48.1 Å². The number of halogens is 1. The van der Waals surface area contributed by atoms with Gasteiger partial charge < -0.3 is 20.2 Å². The molecule has 35 heavy (non-hydrogen) atoms. The van der Waals surface area contributed by atoms with Gasteiger partial charge in [-0.25, -0.2) is 9.78 Å². The van der Waals surface area contributed by atoms with Gasteiger partial charge in [-0.3, -0.25) is 4.79 Å². The summed E-state index contributed by atoms with van der Waals surface area (Å²) in [7, 11) is 0. The topological polar surface area (TPSA) is 85.8 Å². The van der Waals surface area contributed by atoms with E-state index in [2.05, 4.69) is 15.1 Å². The van der Waals surface area contributed by atoms with Gasteiger partial charge in [0, 0.05) is 53.5 Å². The maximum Gasteiger partial charge on any atom is 0.336 e. The van der Waals surface area contributed by atoms with Crippen LogP contribution in [0, 0.1) is 0 Å². The predicted molar refractivity (Wildman–Crippen MR) is 139 cm³/mol. The number of nitrogens with zero attached hydrogens (tertiary/aromatic N) is 3. The lowest BCUT2D eigenvalue weighted by Crippen LogP contribution is -2.46. The number of nitrogens with one attached hydrogen (secondary N) is 1. The second-order valence-corrected chi connectivity index (χ2v) is 8.77. The summed E-state index contributed by atoms with van der Waals surface area (Å²) in [5.74, 6) is -0.665. The van der Waals surface area contributed by atoms with E-state index in [1.165, 1.54) is 0 Å². The van der Waals surface area contributed by atoms with E-state index in [9.17, 15) is 14.7 Å². The van der Waals surface area contributed by atoms with Gasteiger partial charge in [-0.1, -0.05) is 29.8 Å². The van der Waals surface area contributed by atoms with Crippen LogP contribution in [0.4, 0.5) is 17.2 Å². The highest BCUT2D eigenvalue weighted by molar-refractivity contribution is 6.30. The lowest BCUT2D eigenvalue weighted by molar-refractivity contribution is 0.0698. The molecule has 2 heterocycles. The third-order valence-electron chi connectivity index (χ3n) is 6.11. The van der Waals surface area contributed by atoms with Gasteiger partial charge in [0.25, 0.3) is 5.91 Å². The van der Waals surface area contributed by atoms with Crippen molar-refractivity contribution in [3.05, 3.63) is 95.0 Å². The van der Waals surface area contributed by atoms with E-state index in [0.717, 1.165) is 18.8 Å². The summed E-state index contributed by atoms with van der Waals surface area (Å²) < 4.78 is 0. The quantitative estimate of drug-likeness (QED) is 0.405. The maximum absolute atomic E-state index is 12.5. The number of amides is 1. The monoisotopic (exact) mass is 486 g/mol. The fourth-order valence-corrected chi connectivity index (χ4v) is 4.39. The third-order valence-corrected chi connectivity index (χ3v) is 6.37. The standard InChI is InChI=1S/C27H23ClN4O3/c28-19-6-9-21(10-7-19)31-12-14-32(15-13-31)25-17-23(27(34)35)22-16-20(8-11-24(22)30-25)29-26(33)18-4-2-1-3-5-18/h1-11,16-17H,12-15H2,(H,29,33)(H,34,35). The smallest absolute Gasteiger partial charge is 0.336 e. The van der Waals surface area contributed by atoms with E-state index < -0.39 is 5.97 Å². The molecule has 0 aliphatic carbocycles. The first-order valence-electron chi connectivity index (χ1n) is 11.3. The highest BCUT2D eigenvalue weighted by Crippen LogP contribution is 2.28. The molecule has 0 bridgehead atoms. The summed E-state index contributed by atoms with van der Waals surface area (Å²) in [6.45, 7) is 3.00. The van der Waals surface area contributed by atoms with Gasteiger partial charge in [0.05, 0.1) is 11.1 Å². The van der Waals surface area contributed by atoms with Crippen LogP contribution in [0.5, 0.6) is 0 Å². The van der Waals surface area contributed by atoms with Crippen LogP contribution >= 0.6 is 11.6 Å². The number of pyridine rings is 1. The fraction of sp³-hybridized carbons (Fsp3) is 0.148. The zero-order valence-electron chi connectivity index (χ0n) is 18.8. The third kappa shape index (κ3) is 4.90. The molecule has 4 aromatic rings. The van der Waals surface area contributed by atoms with E-state index in [-0.39, 0.29) is 11.5 Å². The van der Waals surface area contributed by atoms with E-state index in [4.69, 9.17) is 16.6 Å². The van der Waals surface area contributed by atoms with Gasteiger partial charge in [-0.2, -0.15) is 0 Å². The minimum atomic E-state index is -1.04. The Balaban J connectivity index is 1.37. The Hall–Kier alpha value is -4.10. The number of carboxylic acid groups (broad SMARTS) is 1.